The van der Waals surface area contributed by atoms with Crippen molar-refractivity contribution in [1.29, 1.82) is 0 Å². The van der Waals surface area contributed by atoms with Gasteiger partial charge in [0.1, 0.15) is 5.82 Å². The summed E-state index contributed by atoms with van der Waals surface area (Å²) in [4.78, 5) is 11.6. The highest BCUT2D eigenvalue weighted by molar-refractivity contribution is 9.10. The molecule has 94 valence electrons. The Morgan fingerprint density at radius 2 is 2.17 bits per heavy atom. The van der Waals surface area contributed by atoms with Gasteiger partial charge in [-0.25, -0.2) is 9.07 Å². The smallest absolute Gasteiger partial charge is 0.267 e. The Hall–Kier alpha value is -1.69. The summed E-state index contributed by atoms with van der Waals surface area (Å²) in [7, 11) is 1.46. The lowest BCUT2D eigenvalue weighted by Crippen LogP contribution is -2.23. The van der Waals surface area contributed by atoms with Crippen LogP contribution in [-0.4, -0.2) is 16.9 Å². The third-order valence-corrected chi connectivity index (χ3v) is 2.88. The highest BCUT2D eigenvalue weighted by Gasteiger charge is 2.06. The van der Waals surface area contributed by atoms with Gasteiger partial charge in [0.05, 0.1) is 13.7 Å². The molecule has 1 aromatic heterocycles. The zero-order valence-electron chi connectivity index (χ0n) is 9.56. The van der Waals surface area contributed by atoms with Gasteiger partial charge in [-0.15, -0.1) is 5.10 Å². The maximum atomic E-state index is 13.6. The molecule has 2 aromatic rings. The van der Waals surface area contributed by atoms with Crippen molar-refractivity contribution in [3.05, 3.63) is 56.5 Å². The second kappa shape index (κ2) is 5.30. The molecule has 0 bridgehead atoms. The molecule has 0 radical (unpaired) electrons. The molecule has 0 aliphatic heterocycles. The van der Waals surface area contributed by atoms with Crippen molar-refractivity contribution in [2.75, 3.05) is 7.11 Å². The van der Waals surface area contributed by atoms with E-state index < -0.39 is 0 Å². The van der Waals surface area contributed by atoms with Crippen LogP contribution in [0.1, 0.15) is 5.56 Å². The number of aromatic nitrogens is 2. The van der Waals surface area contributed by atoms with Gasteiger partial charge in [-0.2, -0.15) is 0 Å². The number of rotatable bonds is 3. The first-order valence-corrected chi connectivity index (χ1v) is 5.95. The number of hydrogen-bond acceptors (Lipinski definition) is 3. The molecular weight excluding hydrogens is 303 g/mol. The first kappa shape index (κ1) is 12.8. The maximum Gasteiger partial charge on any atom is 0.267 e. The number of halogens is 2. The molecule has 1 aromatic carbocycles. The molecule has 0 N–H and O–H groups in total. The molecule has 4 nitrogen and oxygen atoms in total. The summed E-state index contributed by atoms with van der Waals surface area (Å²) in [5.74, 6) is -0.0759. The summed E-state index contributed by atoms with van der Waals surface area (Å²) < 4.78 is 20.4. The fourth-order valence-electron chi connectivity index (χ4n) is 1.46. The van der Waals surface area contributed by atoms with Crippen LogP contribution in [0.4, 0.5) is 4.39 Å². The fraction of sp³-hybridized carbons (Fsp3) is 0.167. The zero-order valence-corrected chi connectivity index (χ0v) is 11.1. The Labute approximate surface area is 111 Å². The lowest BCUT2D eigenvalue weighted by molar-refractivity contribution is 0.378. The molecule has 0 fully saturated rings. The van der Waals surface area contributed by atoms with E-state index in [0.717, 1.165) is 4.68 Å². The molecule has 2 rings (SSSR count). The van der Waals surface area contributed by atoms with E-state index in [1.807, 2.05) is 0 Å². The summed E-state index contributed by atoms with van der Waals surface area (Å²) >= 11 is 3.17. The van der Waals surface area contributed by atoms with E-state index in [1.165, 1.54) is 25.3 Å². The lowest BCUT2D eigenvalue weighted by atomic mass is 10.2. The fourth-order valence-corrected chi connectivity index (χ4v) is 1.80. The molecule has 0 amide bonds. The minimum absolute atomic E-state index is 0.0646. The number of ether oxygens (including phenoxy) is 1. The van der Waals surface area contributed by atoms with Crippen LogP contribution in [0.2, 0.25) is 0 Å². The van der Waals surface area contributed by atoms with Crippen LogP contribution in [0.15, 0.2) is 39.6 Å². The van der Waals surface area contributed by atoms with Crippen molar-refractivity contribution in [1.82, 2.24) is 9.78 Å². The maximum absolute atomic E-state index is 13.6. The first-order chi connectivity index (χ1) is 8.60. The normalized spacial score (nSPS) is 10.4. The Kier molecular flexibility index (Phi) is 3.76. The third kappa shape index (κ3) is 2.76. The Morgan fingerprint density at radius 3 is 2.83 bits per heavy atom. The molecular formula is C12H10BrFN2O2. The minimum atomic E-state index is -0.388. The van der Waals surface area contributed by atoms with Crippen LogP contribution in [0.5, 0.6) is 5.88 Å². The summed E-state index contributed by atoms with van der Waals surface area (Å²) in [6, 6.07) is 7.47. The van der Waals surface area contributed by atoms with Crippen LogP contribution in [0, 0.1) is 5.82 Å². The van der Waals surface area contributed by atoms with Crippen molar-refractivity contribution in [3.63, 3.8) is 0 Å². The van der Waals surface area contributed by atoms with Crippen molar-refractivity contribution >= 4 is 15.9 Å². The number of benzene rings is 1. The first-order valence-electron chi connectivity index (χ1n) is 5.16. The van der Waals surface area contributed by atoms with Gasteiger partial charge in [0.25, 0.3) is 5.56 Å². The molecule has 0 saturated heterocycles. The largest absolute Gasteiger partial charge is 0.480 e. The van der Waals surface area contributed by atoms with E-state index >= 15 is 0 Å². The highest BCUT2D eigenvalue weighted by Crippen LogP contribution is 2.15. The molecule has 0 unspecified atom stereocenters. The van der Waals surface area contributed by atoms with E-state index in [-0.39, 0.29) is 17.9 Å². The van der Waals surface area contributed by atoms with Crippen LogP contribution in [0.25, 0.3) is 0 Å². The number of methoxy groups -OCH3 is 1. The molecule has 0 atom stereocenters. The molecule has 0 saturated carbocycles. The van der Waals surface area contributed by atoms with Gasteiger partial charge >= 0.3 is 0 Å². The van der Waals surface area contributed by atoms with Gasteiger partial charge in [0, 0.05) is 22.2 Å². The standard InChI is InChI=1S/C12H10BrFN2O2/c1-18-11-4-5-12(17)16(15-11)7-8-2-3-9(13)6-10(8)14/h2-6H,7H2,1H3. The number of hydrogen-bond donors (Lipinski definition) is 0. The van der Waals surface area contributed by atoms with Crippen molar-refractivity contribution in [2.24, 2.45) is 0 Å². The van der Waals surface area contributed by atoms with E-state index in [4.69, 9.17) is 4.74 Å². The Bertz CT molecular complexity index is 628. The quantitative estimate of drug-likeness (QED) is 0.872. The van der Waals surface area contributed by atoms with E-state index in [0.29, 0.717) is 15.9 Å². The Balaban J connectivity index is 2.36. The monoisotopic (exact) mass is 312 g/mol. The molecule has 6 heteroatoms. The number of nitrogens with zero attached hydrogens (tertiary/aromatic N) is 2. The molecule has 0 aliphatic rings. The molecule has 0 aliphatic carbocycles. The highest BCUT2D eigenvalue weighted by atomic mass is 79.9. The van der Waals surface area contributed by atoms with Crippen molar-refractivity contribution < 1.29 is 9.13 Å². The summed E-state index contributed by atoms with van der Waals surface area (Å²) in [6.07, 6.45) is 0. The van der Waals surface area contributed by atoms with Crippen molar-refractivity contribution in [3.8, 4) is 5.88 Å². The SMILES string of the molecule is COc1ccc(=O)n(Cc2ccc(Br)cc2F)n1. The minimum Gasteiger partial charge on any atom is -0.480 e. The predicted octanol–water partition coefficient (Wildman–Crippen LogP) is 2.20. The van der Waals surface area contributed by atoms with Crippen LogP contribution >= 0.6 is 15.9 Å². The molecule has 18 heavy (non-hydrogen) atoms. The van der Waals surface area contributed by atoms with Gasteiger partial charge in [0.15, 0.2) is 0 Å². The average molecular weight is 313 g/mol. The van der Waals surface area contributed by atoms with Gasteiger partial charge in [0.2, 0.25) is 5.88 Å². The lowest BCUT2D eigenvalue weighted by Gasteiger charge is -2.07. The van der Waals surface area contributed by atoms with Gasteiger partial charge < -0.3 is 4.74 Å². The molecule has 0 spiro atoms. The zero-order chi connectivity index (χ0) is 13.1. The summed E-state index contributed by atoms with van der Waals surface area (Å²) in [6.45, 7) is 0.0646. The predicted molar refractivity (Wildman–Crippen MR) is 68.3 cm³/mol. The van der Waals surface area contributed by atoms with Crippen LogP contribution in [0.3, 0.4) is 0 Å². The van der Waals surface area contributed by atoms with Crippen LogP contribution < -0.4 is 10.3 Å². The second-order valence-electron chi connectivity index (χ2n) is 3.61. The Morgan fingerprint density at radius 1 is 1.39 bits per heavy atom. The summed E-state index contributed by atoms with van der Waals surface area (Å²) in [5.41, 5.74) is 0.0826. The van der Waals surface area contributed by atoms with E-state index in [1.54, 1.807) is 12.1 Å². The van der Waals surface area contributed by atoms with Gasteiger partial charge in [-0.1, -0.05) is 22.0 Å². The van der Waals surface area contributed by atoms with E-state index in [9.17, 15) is 9.18 Å². The molecule has 1 heterocycles. The van der Waals surface area contributed by atoms with Crippen LogP contribution in [-0.2, 0) is 6.54 Å². The van der Waals surface area contributed by atoms with E-state index in [2.05, 4.69) is 21.0 Å². The third-order valence-electron chi connectivity index (χ3n) is 2.39. The second-order valence-corrected chi connectivity index (χ2v) is 4.52. The topological polar surface area (TPSA) is 44.1 Å². The van der Waals surface area contributed by atoms with Gasteiger partial charge in [-0.3, -0.25) is 4.79 Å². The average Bonchev–Trinajstić information content (AvgIpc) is 2.35. The van der Waals surface area contributed by atoms with Gasteiger partial charge in [-0.05, 0) is 12.1 Å². The van der Waals surface area contributed by atoms with Crippen molar-refractivity contribution in [2.45, 2.75) is 6.54 Å². The summed E-state index contributed by atoms with van der Waals surface area (Å²) in [5, 5.41) is 3.95.